The number of hydrogen-bond donors (Lipinski definition) is 1. The molecule has 0 amide bonds. The maximum Gasteiger partial charge on any atom is 0.123 e. The van der Waals surface area contributed by atoms with Crippen molar-refractivity contribution in [2.45, 2.75) is 13.2 Å². The number of hydrogen-bond acceptors (Lipinski definition) is 4. The Balaban J connectivity index is 1.99. The van der Waals surface area contributed by atoms with Crippen LogP contribution in [0.3, 0.4) is 0 Å². The molecule has 23 heavy (non-hydrogen) atoms. The molecule has 0 saturated heterocycles. The van der Waals surface area contributed by atoms with Crippen molar-refractivity contribution in [3.8, 4) is 17.0 Å². The van der Waals surface area contributed by atoms with Gasteiger partial charge < -0.3 is 9.84 Å². The van der Waals surface area contributed by atoms with Crippen LogP contribution in [-0.4, -0.2) is 27.2 Å². The molecule has 3 rings (SSSR count). The van der Waals surface area contributed by atoms with E-state index in [1.54, 1.807) is 17.9 Å². The van der Waals surface area contributed by atoms with Crippen molar-refractivity contribution in [2.75, 3.05) is 7.11 Å². The first-order valence-corrected chi connectivity index (χ1v) is 7.13. The van der Waals surface area contributed by atoms with Gasteiger partial charge in [0, 0.05) is 5.56 Å². The average molecular weight is 313 g/mol. The van der Waals surface area contributed by atoms with Crippen molar-refractivity contribution in [1.82, 2.24) is 15.0 Å². The van der Waals surface area contributed by atoms with Crippen molar-refractivity contribution in [1.29, 1.82) is 0 Å². The van der Waals surface area contributed by atoms with Crippen LogP contribution in [0.4, 0.5) is 4.39 Å². The number of aliphatic hydroxyl groups is 1. The first-order chi connectivity index (χ1) is 11.2. The summed E-state index contributed by atoms with van der Waals surface area (Å²) in [5, 5.41) is 17.6. The van der Waals surface area contributed by atoms with Crippen LogP contribution in [0.25, 0.3) is 11.3 Å². The van der Waals surface area contributed by atoms with Gasteiger partial charge >= 0.3 is 0 Å². The van der Waals surface area contributed by atoms with Gasteiger partial charge in [-0.2, -0.15) is 0 Å². The summed E-state index contributed by atoms with van der Waals surface area (Å²) in [5.74, 6) is 0.444. The van der Waals surface area contributed by atoms with E-state index in [1.165, 1.54) is 12.1 Å². The summed E-state index contributed by atoms with van der Waals surface area (Å²) in [4.78, 5) is 0. The smallest absolute Gasteiger partial charge is 0.123 e. The van der Waals surface area contributed by atoms with Crippen LogP contribution in [0.5, 0.6) is 5.75 Å². The topological polar surface area (TPSA) is 60.2 Å². The van der Waals surface area contributed by atoms with Gasteiger partial charge in [0.25, 0.3) is 0 Å². The minimum absolute atomic E-state index is 0.218. The zero-order valence-electron chi connectivity index (χ0n) is 12.6. The normalized spacial score (nSPS) is 10.7. The van der Waals surface area contributed by atoms with Crippen molar-refractivity contribution in [3.63, 3.8) is 0 Å². The maximum absolute atomic E-state index is 13.3. The van der Waals surface area contributed by atoms with Gasteiger partial charge in [-0.3, -0.25) is 0 Å². The molecule has 0 bridgehead atoms. The molecule has 3 aromatic rings. The van der Waals surface area contributed by atoms with Crippen molar-refractivity contribution < 1.29 is 14.2 Å². The van der Waals surface area contributed by atoms with Gasteiger partial charge in [-0.15, -0.1) is 5.10 Å². The van der Waals surface area contributed by atoms with Crippen molar-refractivity contribution >= 4 is 0 Å². The molecule has 1 N–H and O–H groups in total. The molecule has 2 aromatic carbocycles. The predicted octanol–water partition coefficient (Wildman–Crippen LogP) is 2.63. The number of aliphatic hydroxyl groups excluding tert-OH is 1. The molecule has 5 nitrogen and oxygen atoms in total. The van der Waals surface area contributed by atoms with E-state index in [0.717, 1.165) is 16.9 Å². The largest absolute Gasteiger partial charge is 0.497 e. The van der Waals surface area contributed by atoms with E-state index >= 15 is 0 Å². The van der Waals surface area contributed by atoms with Crippen LogP contribution in [0, 0.1) is 5.82 Å². The fraction of sp³-hybridized carbons (Fsp3) is 0.176. The third-order valence-corrected chi connectivity index (χ3v) is 3.54. The Morgan fingerprint density at radius 2 is 1.96 bits per heavy atom. The Bertz CT molecular complexity index is 800. The molecule has 0 aliphatic carbocycles. The van der Waals surface area contributed by atoms with Gasteiger partial charge in [-0.05, 0) is 42.0 Å². The molecule has 1 heterocycles. The number of halogens is 1. The standard InChI is InChI=1S/C17H16FN3O2/c1-23-15-7-5-13(6-8-15)17-16(11-22)19-20-21(17)10-12-3-2-4-14(18)9-12/h2-9,22H,10-11H2,1H3. The molecule has 118 valence electrons. The highest BCUT2D eigenvalue weighted by Gasteiger charge is 2.15. The molecule has 0 aliphatic rings. The Kier molecular flexibility index (Phi) is 4.34. The number of nitrogens with zero attached hydrogens (tertiary/aromatic N) is 3. The van der Waals surface area contributed by atoms with Gasteiger partial charge in [-0.1, -0.05) is 17.3 Å². The predicted molar refractivity (Wildman–Crippen MR) is 83.4 cm³/mol. The van der Waals surface area contributed by atoms with Crippen LogP contribution in [0.1, 0.15) is 11.3 Å². The summed E-state index contributed by atoms with van der Waals surface area (Å²) in [5.41, 5.74) is 2.82. The third kappa shape index (κ3) is 3.22. The number of rotatable bonds is 5. The quantitative estimate of drug-likeness (QED) is 0.786. The van der Waals surface area contributed by atoms with Crippen molar-refractivity contribution in [2.24, 2.45) is 0 Å². The highest BCUT2D eigenvalue weighted by Crippen LogP contribution is 2.25. The lowest BCUT2D eigenvalue weighted by Gasteiger charge is -2.09. The molecule has 1 aromatic heterocycles. The zero-order chi connectivity index (χ0) is 16.2. The van der Waals surface area contributed by atoms with Crippen molar-refractivity contribution in [3.05, 3.63) is 65.6 Å². The number of ether oxygens (including phenoxy) is 1. The lowest BCUT2D eigenvalue weighted by molar-refractivity contribution is 0.277. The fourth-order valence-electron chi connectivity index (χ4n) is 2.44. The van der Waals surface area contributed by atoms with Gasteiger partial charge in [0.1, 0.15) is 17.3 Å². The molecule has 6 heteroatoms. The lowest BCUT2D eigenvalue weighted by Crippen LogP contribution is -2.05. The average Bonchev–Trinajstić information content (AvgIpc) is 2.97. The number of benzene rings is 2. The summed E-state index contributed by atoms with van der Waals surface area (Å²) in [7, 11) is 1.60. The van der Waals surface area contributed by atoms with Crippen LogP contribution < -0.4 is 4.74 Å². The molecular formula is C17H16FN3O2. The lowest BCUT2D eigenvalue weighted by atomic mass is 10.1. The summed E-state index contributed by atoms with van der Waals surface area (Å²) in [6.45, 7) is 0.149. The van der Waals surface area contributed by atoms with E-state index in [-0.39, 0.29) is 12.4 Å². The van der Waals surface area contributed by atoms with Crippen LogP contribution in [-0.2, 0) is 13.2 Å². The SMILES string of the molecule is COc1ccc(-c2c(CO)nnn2Cc2cccc(F)c2)cc1. The second kappa shape index (κ2) is 6.58. The Hall–Kier alpha value is -2.73. The van der Waals surface area contributed by atoms with E-state index in [0.29, 0.717) is 17.9 Å². The molecule has 0 saturated carbocycles. The molecule has 0 unspecified atom stereocenters. The number of aromatic nitrogens is 3. The molecule has 0 aliphatic heterocycles. The molecule has 0 radical (unpaired) electrons. The molecule has 0 fully saturated rings. The van der Waals surface area contributed by atoms with E-state index < -0.39 is 0 Å². The van der Waals surface area contributed by atoms with Gasteiger partial charge in [0.05, 0.1) is 26.0 Å². The van der Waals surface area contributed by atoms with E-state index in [1.807, 2.05) is 30.3 Å². The molecule has 0 spiro atoms. The molecular weight excluding hydrogens is 297 g/mol. The Morgan fingerprint density at radius 3 is 2.61 bits per heavy atom. The second-order valence-corrected chi connectivity index (χ2v) is 5.06. The van der Waals surface area contributed by atoms with Crippen LogP contribution >= 0.6 is 0 Å². The van der Waals surface area contributed by atoms with E-state index in [2.05, 4.69) is 10.3 Å². The monoisotopic (exact) mass is 313 g/mol. The zero-order valence-corrected chi connectivity index (χ0v) is 12.6. The highest BCUT2D eigenvalue weighted by molar-refractivity contribution is 5.62. The Labute approximate surface area is 133 Å². The van der Waals surface area contributed by atoms with Gasteiger partial charge in [0.15, 0.2) is 0 Å². The second-order valence-electron chi connectivity index (χ2n) is 5.06. The van der Waals surface area contributed by atoms with Gasteiger partial charge in [-0.25, -0.2) is 9.07 Å². The fourth-order valence-corrected chi connectivity index (χ4v) is 2.44. The summed E-state index contributed by atoms with van der Waals surface area (Å²) in [6.07, 6.45) is 0. The van der Waals surface area contributed by atoms with E-state index in [9.17, 15) is 9.50 Å². The van der Waals surface area contributed by atoms with Crippen LogP contribution in [0.2, 0.25) is 0 Å². The first kappa shape index (κ1) is 15.2. The summed E-state index contributed by atoms with van der Waals surface area (Å²) < 4.78 is 20.2. The van der Waals surface area contributed by atoms with Crippen LogP contribution in [0.15, 0.2) is 48.5 Å². The minimum Gasteiger partial charge on any atom is -0.497 e. The Morgan fingerprint density at radius 1 is 1.17 bits per heavy atom. The molecule has 0 atom stereocenters. The number of methoxy groups -OCH3 is 1. The third-order valence-electron chi connectivity index (χ3n) is 3.54. The summed E-state index contributed by atoms with van der Waals surface area (Å²) >= 11 is 0. The summed E-state index contributed by atoms with van der Waals surface area (Å²) in [6, 6.07) is 13.7. The minimum atomic E-state index is -0.295. The highest BCUT2D eigenvalue weighted by atomic mass is 19.1. The van der Waals surface area contributed by atoms with Gasteiger partial charge in [0.2, 0.25) is 0 Å². The maximum atomic E-state index is 13.3. The van der Waals surface area contributed by atoms with E-state index in [4.69, 9.17) is 4.74 Å². The first-order valence-electron chi connectivity index (χ1n) is 7.13.